The lowest BCUT2D eigenvalue weighted by molar-refractivity contribution is 0.0599. The van der Waals surface area contributed by atoms with Crippen LogP contribution >= 0.6 is 0 Å². The average Bonchev–Trinajstić information content (AvgIpc) is 2.53. The molecule has 6 heteroatoms. The van der Waals surface area contributed by atoms with Crippen LogP contribution in [0.2, 0.25) is 0 Å². The summed E-state index contributed by atoms with van der Waals surface area (Å²) >= 11 is 0. The normalized spacial score (nSPS) is 12.7. The average molecular weight is 361 g/mol. The summed E-state index contributed by atoms with van der Waals surface area (Å²) in [4.78, 5) is 11.8. The Balaban J connectivity index is 2.34. The predicted molar refractivity (Wildman–Crippen MR) is 97.2 cm³/mol. The monoisotopic (exact) mass is 361 g/mol. The maximum Gasteiger partial charge on any atom is 0.338 e. The zero-order valence-electron chi connectivity index (χ0n) is 15.1. The van der Waals surface area contributed by atoms with Gasteiger partial charge in [-0.15, -0.1) is 0 Å². The molecule has 0 aliphatic carbocycles. The van der Waals surface area contributed by atoms with Crippen LogP contribution < -0.4 is 4.72 Å². The van der Waals surface area contributed by atoms with Gasteiger partial charge in [0.05, 0.1) is 17.6 Å². The maximum absolute atomic E-state index is 12.7. The predicted octanol–water partition coefficient (Wildman–Crippen LogP) is 3.44. The van der Waals surface area contributed by atoms with E-state index in [1.54, 1.807) is 19.9 Å². The highest BCUT2D eigenvalue weighted by atomic mass is 32.2. The van der Waals surface area contributed by atoms with Crippen LogP contribution in [0.4, 0.5) is 0 Å². The summed E-state index contributed by atoms with van der Waals surface area (Å²) in [5.41, 5.74) is 3.96. The third-order valence-electron chi connectivity index (χ3n) is 4.15. The Morgan fingerprint density at radius 2 is 1.72 bits per heavy atom. The molecule has 25 heavy (non-hydrogen) atoms. The summed E-state index contributed by atoms with van der Waals surface area (Å²) in [6.45, 7) is 7.47. The molecule has 2 aromatic rings. The Kier molecular flexibility index (Phi) is 5.65. The summed E-state index contributed by atoms with van der Waals surface area (Å²) in [6, 6.07) is 9.93. The first kappa shape index (κ1) is 19.1. The second kappa shape index (κ2) is 7.37. The summed E-state index contributed by atoms with van der Waals surface area (Å²) in [6.07, 6.45) is 0. The molecular weight excluding hydrogens is 338 g/mol. The van der Waals surface area contributed by atoms with E-state index in [0.29, 0.717) is 5.56 Å². The van der Waals surface area contributed by atoms with Crippen LogP contribution in [0.5, 0.6) is 0 Å². The highest BCUT2D eigenvalue weighted by Gasteiger charge is 2.21. The zero-order valence-corrected chi connectivity index (χ0v) is 15.9. The standard InChI is InChI=1S/C19H23NO4S/c1-12-6-9-17(14(3)10-12)15(4)20-25(22,23)16-8-7-13(2)18(11-16)19(21)24-5/h6-11,15,20H,1-5H3. The van der Waals surface area contributed by atoms with Crippen molar-refractivity contribution in [2.45, 2.75) is 38.6 Å². The lowest BCUT2D eigenvalue weighted by Gasteiger charge is -2.18. The van der Waals surface area contributed by atoms with Gasteiger partial charge in [0.15, 0.2) is 0 Å². The minimum Gasteiger partial charge on any atom is -0.465 e. The molecule has 134 valence electrons. The minimum atomic E-state index is -3.77. The molecule has 0 heterocycles. The van der Waals surface area contributed by atoms with E-state index in [1.807, 2.05) is 32.0 Å². The third kappa shape index (κ3) is 4.27. The molecule has 0 saturated heterocycles. The van der Waals surface area contributed by atoms with Crippen LogP contribution in [0.25, 0.3) is 0 Å². The van der Waals surface area contributed by atoms with E-state index in [1.165, 1.54) is 19.2 Å². The third-order valence-corrected chi connectivity index (χ3v) is 5.69. The van der Waals surface area contributed by atoms with Gasteiger partial charge in [0.2, 0.25) is 10.0 Å². The van der Waals surface area contributed by atoms with Crippen molar-refractivity contribution in [3.05, 3.63) is 64.2 Å². The summed E-state index contributed by atoms with van der Waals surface area (Å²) in [5.74, 6) is -0.558. The Morgan fingerprint density at radius 1 is 1.04 bits per heavy atom. The molecule has 0 amide bonds. The second-order valence-electron chi connectivity index (χ2n) is 6.17. The van der Waals surface area contributed by atoms with Crippen LogP contribution in [-0.4, -0.2) is 21.5 Å². The van der Waals surface area contributed by atoms with Gasteiger partial charge in [0.1, 0.15) is 0 Å². The van der Waals surface area contributed by atoms with Crippen LogP contribution in [-0.2, 0) is 14.8 Å². The van der Waals surface area contributed by atoms with Crippen molar-refractivity contribution < 1.29 is 17.9 Å². The molecule has 0 aliphatic rings. The van der Waals surface area contributed by atoms with Crippen LogP contribution in [0.15, 0.2) is 41.3 Å². The summed E-state index contributed by atoms with van der Waals surface area (Å²) < 4.78 is 32.8. The number of methoxy groups -OCH3 is 1. The molecule has 1 N–H and O–H groups in total. The number of hydrogen-bond acceptors (Lipinski definition) is 4. The lowest BCUT2D eigenvalue weighted by Crippen LogP contribution is -2.27. The molecule has 0 aromatic heterocycles. The van der Waals surface area contributed by atoms with Gasteiger partial charge in [0.25, 0.3) is 0 Å². The number of ether oxygens (including phenoxy) is 1. The molecule has 0 radical (unpaired) electrons. The van der Waals surface area contributed by atoms with Crippen molar-refractivity contribution in [1.29, 1.82) is 0 Å². The van der Waals surface area contributed by atoms with Gasteiger partial charge < -0.3 is 4.74 Å². The lowest BCUT2D eigenvalue weighted by atomic mass is 10.0. The fourth-order valence-electron chi connectivity index (χ4n) is 2.77. The molecule has 1 unspecified atom stereocenters. The van der Waals surface area contributed by atoms with Crippen molar-refractivity contribution in [2.24, 2.45) is 0 Å². The van der Waals surface area contributed by atoms with Crippen LogP contribution in [0.1, 0.15) is 45.6 Å². The van der Waals surface area contributed by atoms with E-state index in [9.17, 15) is 13.2 Å². The minimum absolute atomic E-state index is 0.0371. The molecule has 0 fully saturated rings. The van der Waals surface area contributed by atoms with Crippen molar-refractivity contribution in [1.82, 2.24) is 4.72 Å². The molecule has 5 nitrogen and oxygen atoms in total. The number of sulfonamides is 1. The first-order valence-corrected chi connectivity index (χ1v) is 9.42. The number of esters is 1. The largest absolute Gasteiger partial charge is 0.465 e. The fraction of sp³-hybridized carbons (Fsp3) is 0.316. The van der Waals surface area contributed by atoms with Gasteiger partial charge in [-0.25, -0.2) is 17.9 Å². The SMILES string of the molecule is COC(=O)c1cc(S(=O)(=O)NC(C)c2ccc(C)cc2C)ccc1C. The van der Waals surface area contributed by atoms with Crippen molar-refractivity contribution in [2.75, 3.05) is 7.11 Å². The molecule has 0 saturated carbocycles. The Bertz CT molecular complexity index is 904. The van der Waals surface area contributed by atoms with Gasteiger partial charge in [-0.3, -0.25) is 0 Å². The zero-order chi connectivity index (χ0) is 18.8. The first-order chi connectivity index (χ1) is 11.7. The number of aryl methyl sites for hydroxylation is 3. The van der Waals surface area contributed by atoms with E-state index >= 15 is 0 Å². The summed E-state index contributed by atoms with van der Waals surface area (Å²) in [7, 11) is -2.51. The molecule has 0 spiro atoms. The molecule has 0 aliphatic heterocycles. The van der Waals surface area contributed by atoms with Crippen molar-refractivity contribution in [3.63, 3.8) is 0 Å². The maximum atomic E-state index is 12.7. The second-order valence-corrected chi connectivity index (χ2v) is 7.89. The summed E-state index contributed by atoms with van der Waals surface area (Å²) in [5, 5.41) is 0. The van der Waals surface area contributed by atoms with E-state index < -0.39 is 22.0 Å². The Labute approximate surface area is 149 Å². The van der Waals surface area contributed by atoms with E-state index in [-0.39, 0.29) is 10.5 Å². The fourth-order valence-corrected chi connectivity index (χ4v) is 4.02. The number of nitrogens with one attached hydrogen (secondary N) is 1. The van der Waals surface area contributed by atoms with E-state index in [0.717, 1.165) is 16.7 Å². The first-order valence-electron chi connectivity index (χ1n) is 7.94. The van der Waals surface area contributed by atoms with E-state index in [2.05, 4.69) is 4.72 Å². The Morgan fingerprint density at radius 3 is 2.32 bits per heavy atom. The Hall–Kier alpha value is -2.18. The number of hydrogen-bond donors (Lipinski definition) is 1. The van der Waals surface area contributed by atoms with Gasteiger partial charge in [-0.1, -0.05) is 29.8 Å². The quantitative estimate of drug-likeness (QED) is 0.828. The van der Waals surface area contributed by atoms with Gasteiger partial charge in [-0.2, -0.15) is 0 Å². The van der Waals surface area contributed by atoms with Crippen molar-refractivity contribution in [3.8, 4) is 0 Å². The van der Waals surface area contributed by atoms with Crippen LogP contribution in [0, 0.1) is 20.8 Å². The number of benzene rings is 2. The van der Waals surface area contributed by atoms with Gasteiger partial charge >= 0.3 is 5.97 Å². The molecule has 2 aromatic carbocycles. The number of carbonyl (C=O) groups is 1. The van der Waals surface area contributed by atoms with E-state index in [4.69, 9.17) is 4.74 Å². The molecular formula is C19H23NO4S. The van der Waals surface area contributed by atoms with Crippen molar-refractivity contribution >= 4 is 16.0 Å². The highest BCUT2D eigenvalue weighted by Crippen LogP contribution is 2.22. The van der Waals surface area contributed by atoms with Gasteiger partial charge in [0, 0.05) is 6.04 Å². The van der Waals surface area contributed by atoms with Gasteiger partial charge in [-0.05, 0) is 56.5 Å². The molecule has 1 atom stereocenters. The smallest absolute Gasteiger partial charge is 0.338 e. The number of rotatable bonds is 5. The topological polar surface area (TPSA) is 72.5 Å². The molecule has 2 rings (SSSR count). The number of carbonyl (C=O) groups excluding carboxylic acids is 1. The van der Waals surface area contributed by atoms with Crippen LogP contribution in [0.3, 0.4) is 0 Å². The molecule has 0 bridgehead atoms. The highest BCUT2D eigenvalue weighted by molar-refractivity contribution is 7.89.